The van der Waals surface area contributed by atoms with Crippen LogP contribution >= 0.6 is 11.6 Å². The Morgan fingerprint density at radius 2 is 1.96 bits per heavy atom. The summed E-state index contributed by atoms with van der Waals surface area (Å²) in [5.41, 5.74) is 3.15. The van der Waals surface area contributed by atoms with E-state index in [1.807, 2.05) is 19.1 Å². The standard InChI is InChI=1S/C17H18ClN3O2/c1-11-8-13(10-20-16(11)18)12-2-3-15(19-9-12)17(22)21-14-4-6-23-7-5-14/h2-3,8-10,14H,4-7H2,1H3,(H,21,22). The number of hydrogen-bond acceptors (Lipinski definition) is 4. The number of aromatic nitrogens is 2. The monoisotopic (exact) mass is 331 g/mol. The summed E-state index contributed by atoms with van der Waals surface area (Å²) in [5, 5.41) is 3.49. The highest BCUT2D eigenvalue weighted by atomic mass is 35.5. The van der Waals surface area contributed by atoms with Gasteiger partial charge in [-0.2, -0.15) is 0 Å². The van der Waals surface area contributed by atoms with E-state index in [2.05, 4.69) is 15.3 Å². The van der Waals surface area contributed by atoms with Crippen molar-refractivity contribution >= 4 is 17.5 Å². The first-order valence-corrected chi connectivity index (χ1v) is 7.98. The predicted octanol–water partition coefficient (Wildman–Crippen LogP) is 3.01. The van der Waals surface area contributed by atoms with Crippen LogP contribution in [0, 0.1) is 6.92 Å². The fourth-order valence-electron chi connectivity index (χ4n) is 2.52. The highest BCUT2D eigenvalue weighted by Gasteiger charge is 2.17. The molecule has 0 spiro atoms. The van der Waals surface area contributed by atoms with Gasteiger partial charge in [0.05, 0.1) is 0 Å². The number of pyridine rings is 2. The quantitative estimate of drug-likeness (QED) is 0.878. The van der Waals surface area contributed by atoms with Crippen molar-refractivity contribution in [1.29, 1.82) is 0 Å². The maximum absolute atomic E-state index is 12.2. The largest absolute Gasteiger partial charge is 0.381 e. The SMILES string of the molecule is Cc1cc(-c2ccc(C(=O)NC3CCOCC3)nc2)cnc1Cl. The first-order chi connectivity index (χ1) is 11.1. The lowest BCUT2D eigenvalue weighted by Gasteiger charge is -2.22. The number of nitrogens with zero attached hydrogens (tertiary/aromatic N) is 2. The van der Waals surface area contributed by atoms with E-state index in [4.69, 9.17) is 16.3 Å². The summed E-state index contributed by atoms with van der Waals surface area (Å²) in [6.45, 7) is 3.29. The molecule has 1 aliphatic heterocycles. The van der Waals surface area contributed by atoms with Gasteiger partial charge < -0.3 is 10.1 Å². The van der Waals surface area contributed by atoms with Crippen molar-refractivity contribution in [2.75, 3.05) is 13.2 Å². The summed E-state index contributed by atoms with van der Waals surface area (Å²) in [6.07, 6.45) is 5.08. The average Bonchev–Trinajstić information content (AvgIpc) is 2.58. The Morgan fingerprint density at radius 3 is 2.61 bits per heavy atom. The Labute approximate surface area is 140 Å². The van der Waals surface area contributed by atoms with Crippen molar-refractivity contribution in [2.45, 2.75) is 25.8 Å². The summed E-state index contributed by atoms with van der Waals surface area (Å²) >= 11 is 5.94. The summed E-state index contributed by atoms with van der Waals surface area (Å²) in [6, 6.07) is 5.72. The summed E-state index contributed by atoms with van der Waals surface area (Å²) in [5.74, 6) is -0.145. The lowest BCUT2D eigenvalue weighted by Crippen LogP contribution is -2.39. The summed E-state index contributed by atoms with van der Waals surface area (Å²) in [7, 11) is 0. The van der Waals surface area contributed by atoms with E-state index in [-0.39, 0.29) is 11.9 Å². The van der Waals surface area contributed by atoms with Crippen LogP contribution in [0.3, 0.4) is 0 Å². The van der Waals surface area contributed by atoms with E-state index in [9.17, 15) is 4.79 Å². The molecule has 5 nitrogen and oxygen atoms in total. The minimum atomic E-state index is -0.145. The van der Waals surface area contributed by atoms with E-state index in [1.54, 1.807) is 18.5 Å². The Hall–Kier alpha value is -1.98. The van der Waals surface area contributed by atoms with Crippen molar-refractivity contribution in [1.82, 2.24) is 15.3 Å². The Bertz CT molecular complexity index is 697. The topological polar surface area (TPSA) is 64.1 Å². The van der Waals surface area contributed by atoms with Crippen LogP contribution < -0.4 is 5.32 Å². The number of hydrogen-bond donors (Lipinski definition) is 1. The van der Waals surface area contributed by atoms with Crippen LogP contribution in [0.4, 0.5) is 0 Å². The molecule has 0 bridgehead atoms. The van der Waals surface area contributed by atoms with E-state index in [0.29, 0.717) is 24.1 Å². The Balaban J connectivity index is 1.70. The molecule has 1 saturated heterocycles. The maximum Gasteiger partial charge on any atom is 0.270 e. The number of carbonyl (C=O) groups excluding carboxylic acids is 1. The normalized spacial score (nSPS) is 15.4. The molecule has 0 radical (unpaired) electrons. The third-order valence-corrected chi connectivity index (χ3v) is 4.30. The van der Waals surface area contributed by atoms with Gasteiger partial charge in [-0.1, -0.05) is 17.7 Å². The van der Waals surface area contributed by atoms with E-state index in [0.717, 1.165) is 29.5 Å². The molecule has 0 atom stereocenters. The molecule has 6 heteroatoms. The predicted molar refractivity (Wildman–Crippen MR) is 88.5 cm³/mol. The Morgan fingerprint density at radius 1 is 1.22 bits per heavy atom. The van der Waals surface area contributed by atoms with Crippen LogP contribution in [0.25, 0.3) is 11.1 Å². The fourth-order valence-corrected chi connectivity index (χ4v) is 2.62. The number of ether oxygens (including phenoxy) is 1. The minimum absolute atomic E-state index is 0.145. The zero-order valence-electron chi connectivity index (χ0n) is 12.9. The van der Waals surface area contributed by atoms with Crippen molar-refractivity contribution < 1.29 is 9.53 Å². The van der Waals surface area contributed by atoms with Crippen molar-refractivity contribution in [3.8, 4) is 11.1 Å². The van der Waals surface area contributed by atoms with Crippen molar-refractivity contribution in [3.05, 3.63) is 47.0 Å². The third kappa shape index (κ3) is 3.86. The van der Waals surface area contributed by atoms with Gasteiger partial charge in [-0.3, -0.25) is 9.78 Å². The first kappa shape index (κ1) is 15.9. The number of rotatable bonds is 3. The van der Waals surface area contributed by atoms with Crippen molar-refractivity contribution in [2.24, 2.45) is 0 Å². The van der Waals surface area contributed by atoms with Crippen LogP contribution in [0.5, 0.6) is 0 Å². The molecule has 1 fully saturated rings. The average molecular weight is 332 g/mol. The van der Waals surface area contributed by atoms with Gasteiger partial charge in [0.25, 0.3) is 5.91 Å². The highest BCUT2D eigenvalue weighted by molar-refractivity contribution is 6.30. The molecule has 0 unspecified atom stereocenters. The van der Waals surface area contributed by atoms with Gasteiger partial charge in [-0.25, -0.2) is 4.98 Å². The minimum Gasteiger partial charge on any atom is -0.381 e. The third-order valence-electron chi connectivity index (χ3n) is 3.90. The van der Waals surface area contributed by atoms with Gasteiger partial charge in [0.15, 0.2) is 0 Å². The van der Waals surface area contributed by atoms with E-state index >= 15 is 0 Å². The molecule has 120 valence electrons. The van der Waals surface area contributed by atoms with Gasteiger partial charge in [0, 0.05) is 42.8 Å². The van der Waals surface area contributed by atoms with Gasteiger partial charge in [-0.15, -0.1) is 0 Å². The molecule has 1 aliphatic rings. The molecular weight excluding hydrogens is 314 g/mol. The lowest BCUT2D eigenvalue weighted by atomic mass is 10.1. The second-order valence-electron chi connectivity index (χ2n) is 5.62. The smallest absolute Gasteiger partial charge is 0.270 e. The molecule has 2 aromatic rings. The molecule has 3 rings (SSSR count). The number of halogens is 1. The second kappa shape index (κ2) is 7.06. The number of nitrogens with one attached hydrogen (secondary N) is 1. The Kier molecular flexibility index (Phi) is 4.88. The van der Waals surface area contributed by atoms with Crippen LogP contribution in [0.15, 0.2) is 30.6 Å². The molecule has 2 aromatic heterocycles. The molecule has 0 aromatic carbocycles. The number of carbonyl (C=O) groups is 1. The molecule has 3 heterocycles. The van der Waals surface area contributed by atoms with Crippen molar-refractivity contribution in [3.63, 3.8) is 0 Å². The lowest BCUT2D eigenvalue weighted by molar-refractivity contribution is 0.0694. The number of amides is 1. The zero-order valence-corrected chi connectivity index (χ0v) is 13.6. The van der Waals surface area contributed by atoms with Gasteiger partial charge >= 0.3 is 0 Å². The summed E-state index contributed by atoms with van der Waals surface area (Å²) in [4.78, 5) is 20.6. The van der Waals surface area contributed by atoms with Gasteiger partial charge in [0.1, 0.15) is 10.8 Å². The van der Waals surface area contributed by atoms with Crippen LogP contribution in [-0.2, 0) is 4.74 Å². The van der Waals surface area contributed by atoms with Crippen LogP contribution in [0.2, 0.25) is 5.15 Å². The zero-order chi connectivity index (χ0) is 16.2. The van der Waals surface area contributed by atoms with Crippen LogP contribution in [0.1, 0.15) is 28.9 Å². The molecular formula is C17H18ClN3O2. The van der Waals surface area contributed by atoms with E-state index < -0.39 is 0 Å². The second-order valence-corrected chi connectivity index (χ2v) is 5.98. The number of aryl methyl sites for hydroxylation is 1. The molecule has 0 saturated carbocycles. The molecule has 1 N–H and O–H groups in total. The first-order valence-electron chi connectivity index (χ1n) is 7.60. The molecule has 0 aliphatic carbocycles. The summed E-state index contributed by atoms with van der Waals surface area (Å²) < 4.78 is 5.29. The highest BCUT2D eigenvalue weighted by Crippen LogP contribution is 2.22. The van der Waals surface area contributed by atoms with Crippen LogP contribution in [-0.4, -0.2) is 35.1 Å². The molecule has 1 amide bonds. The maximum atomic E-state index is 12.2. The fraction of sp³-hybridized carbons (Fsp3) is 0.353. The van der Waals surface area contributed by atoms with Gasteiger partial charge in [-0.05, 0) is 37.5 Å². The van der Waals surface area contributed by atoms with Gasteiger partial charge in [0.2, 0.25) is 0 Å². The molecule has 23 heavy (non-hydrogen) atoms. The van der Waals surface area contributed by atoms with E-state index in [1.165, 1.54) is 0 Å².